The molecule has 1 aliphatic carbocycles. The summed E-state index contributed by atoms with van der Waals surface area (Å²) in [6.45, 7) is 2.97. The molecule has 1 saturated heterocycles. The molecular formula is C18H24N2O3. The van der Waals surface area contributed by atoms with Crippen LogP contribution in [0.5, 0.6) is 0 Å². The lowest BCUT2D eigenvalue weighted by Gasteiger charge is -2.39. The summed E-state index contributed by atoms with van der Waals surface area (Å²) in [4.78, 5) is 28.3. The fraction of sp³-hybridized carbons (Fsp3) is 0.556. The molecule has 0 aromatic heterocycles. The largest absolute Gasteiger partial charge is 0.481 e. The predicted molar refractivity (Wildman–Crippen MR) is 88.3 cm³/mol. The minimum Gasteiger partial charge on any atom is -0.481 e. The average Bonchev–Trinajstić information content (AvgIpc) is 2.62. The van der Waals surface area contributed by atoms with E-state index < -0.39 is 11.9 Å². The molecule has 2 unspecified atom stereocenters. The average molecular weight is 316 g/mol. The van der Waals surface area contributed by atoms with Crippen molar-refractivity contribution in [3.05, 3.63) is 30.3 Å². The summed E-state index contributed by atoms with van der Waals surface area (Å²) in [5, 5.41) is 9.37. The van der Waals surface area contributed by atoms with Gasteiger partial charge >= 0.3 is 5.97 Å². The molecule has 2 atom stereocenters. The zero-order chi connectivity index (χ0) is 16.2. The number of hydrogen-bond donors (Lipinski definition) is 1. The van der Waals surface area contributed by atoms with Gasteiger partial charge in [-0.3, -0.25) is 9.59 Å². The first-order valence-electron chi connectivity index (χ1n) is 8.48. The van der Waals surface area contributed by atoms with E-state index in [9.17, 15) is 14.7 Å². The third kappa shape index (κ3) is 3.49. The molecule has 1 N–H and O–H groups in total. The maximum Gasteiger partial charge on any atom is 0.307 e. The lowest BCUT2D eigenvalue weighted by atomic mass is 9.78. The highest BCUT2D eigenvalue weighted by Gasteiger charge is 2.38. The molecule has 2 aliphatic rings. The van der Waals surface area contributed by atoms with Crippen LogP contribution >= 0.6 is 0 Å². The number of rotatable bonds is 3. The maximum atomic E-state index is 12.8. The summed E-state index contributed by atoms with van der Waals surface area (Å²) in [5.74, 6) is -1.59. The van der Waals surface area contributed by atoms with Crippen molar-refractivity contribution in [2.24, 2.45) is 11.8 Å². The number of anilines is 1. The second-order valence-corrected chi connectivity index (χ2v) is 6.48. The lowest BCUT2D eigenvalue weighted by molar-refractivity contribution is -0.152. The number of carbonyl (C=O) groups excluding carboxylic acids is 1. The Hall–Kier alpha value is -2.04. The molecule has 0 radical (unpaired) electrons. The number of amides is 1. The number of carboxylic acid groups (broad SMARTS) is 1. The summed E-state index contributed by atoms with van der Waals surface area (Å²) in [6.07, 6.45) is 3.23. The maximum absolute atomic E-state index is 12.8. The molecule has 1 aliphatic heterocycles. The number of para-hydroxylation sites is 1. The van der Waals surface area contributed by atoms with E-state index in [1.165, 1.54) is 5.69 Å². The van der Waals surface area contributed by atoms with Crippen molar-refractivity contribution in [1.29, 1.82) is 0 Å². The van der Waals surface area contributed by atoms with Crippen molar-refractivity contribution < 1.29 is 14.7 Å². The van der Waals surface area contributed by atoms with E-state index >= 15 is 0 Å². The molecule has 3 rings (SSSR count). The molecule has 1 aromatic carbocycles. The lowest BCUT2D eigenvalue weighted by Crippen LogP contribution is -2.52. The molecule has 5 nitrogen and oxygen atoms in total. The first-order valence-corrected chi connectivity index (χ1v) is 8.48. The van der Waals surface area contributed by atoms with Crippen LogP contribution < -0.4 is 4.90 Å². The van der Waals surface area contributed by atoms with Gasteiger partial charge in [-0.25, -0.2) is 0 Å². The van der Waals surface area contributed by atoms with E-state index in [4.69, 9.17) is 0 Å². The van der Waals surface area contributed by atoms with Crippen LogP contribution in [0.15, 0.2) is 30.3 Å². The molecule has 1 heterocycles. The van der Waals surface area contributed by atoms with Gasteiger partial charge in [0.05, 0.1) is 11.8 Å². The molecule has 0 bridgehead atoms. The van der Waals surface area contributed by atoms with Crippen molar-refractivity contribution in [1.82, 2.24) is 4.90 Å². The SMILES string of the molecule is O=C(O)C1CCCCC1C(=O)N1CCN(c2ccccc2)CC1. The van der Waals surface area contributed by atoms with Crippen molar-refractivity contribution in [3.63, 3.8) is 0 Å². The zero-order valence-corrected chi connectivity index (χ0v) is 13.4. The van der Waals surface area contributed by atoms with Crippen LogP contribution in [0.1, 0.15) is 25.7 Å². The Labute approximate surface area is 136 Å². The van der Waals surface area contributed by atoms with Crippen molar-refractivity contribution in [3.8, 4) is 0 Å². The van der Waals surface area contributed by atoms with E-state index in [2.05, 4.69) is 17.0 Å². The fourth-order valence-electron chi connectivity index (χ4n) is 3.78. The number of aliphatic carboxylic acids is 1. The first kappa shape index (κ1) is 15.8. The highest BCUT2D eigenvalue weighted by atomic mass is 16.4. The van der Waals surface area contributed by atoms with E-state index in [-0.39, 0.29) is 11.8 Å². The molecule has 0 spiro atoms. The van der Waals surface area contributed by atoms with Gasteiger partial charge in [-0.15, -0.1) is 0 Å². The van der Waals surface area contributed by atoms with E-state index in [1.54, 1.807) is 0 Å². The summed E-state index contributed by atoms with van der Waals surface area (Å²) in [7, 11) is 0. The second-order valence-electron chi connectivity index (χ2n) is 6.48. The number of hydrogen-bond acceptors (Lipinski definition) is 3. The smallest absolute Gasteiger partial charge is 0.307 e. The van der Waals surface area contributed by atoms with Crippen molar-refractivity contribution in [2.45, 2.75) is 25.7 Å². The van der Waals surface area contributed by atoms with Crippen molar-refractivity contribution >= 4 is 17.6 Å². The molecular weight excluding hydrogens is 292 g/mol. The van der Waals surface area contributed by atoms with Crippen LogP contribution in [-0.2, 0) is 9.59 Å². The summed E-state index contributed by atoms with van der Waals surface area (Å²) in [5.41, 5.74) is 1.18. The van der Waals surface area contributed by atoms with Gasteiger partial charge in [0, 0.05) is 31.9 Å². The van der Waals surface area contributed by atoms with E-state index in [0.717, 1.165) is 25.9 Å². The topological polar surface area (TPSA) is 60.9 Å². The van der Waals surface area contributed by atoms with Crippen LogP contribution in [0, 0.1) is 11.8 Å². The number of carboxylic acids is 1. The Morgan fingerprint density at radius 1 is 0.913 bits per heavy atom. The van der Waals surface area contributed by atoms with Crippen molar-refractivity contribution in [2.75, 3.05) is 31.1 Å². The van der Waals surface area contributed by atoms with Crippen LogP contribution in [0.25, 0.3) is 0 Å². The second kappa shape index (κ2) is 7.02. The van der Waals surface area contributed by atoms with Gasteiger partial charge in [0.1, 0.15) is 0 Å². The Bertz CT molecular complexity index is 553. The van der Waals surface area contributed by atoms with Crippen LogP contribution in [0.3, 0.4) is 0 Å². The molecule has 2 fully saturated rings. The predicted octanol–water partition coefficient (Wildman–Crippen LogP) is 2.23. The zero-order valence-electron chi connectivity index (χ0n) is 13.4. The number of nitrogens with zero attached hydrogens (tertiary/aromatic N) is 2. The van der Waals surface area contributed by atoms with E-state index in [1.807, 2.05) is 23.1 Å². The third-order valence-electron chi connectivity index (χ3n) is 5.11. The Balaban J connectivity index is 1.60. The molecule has 5 heteroatoms. The minimum absolute atomic E-state index is 0.0461. The Morgan fingerprint density at radius 3 is 2.13 bits per heavy atom. The molecule has 23 heavy (non-hydrogen) atoms. The van der Waals surface area contributed by atoms with Gasteiger partial charge in [0.2, 0.25) is 5.91 Å². The molecule has 1 saturated carbocycles. The van der Waals surface area contributed by atoms with Gasteiger partial charge in [-0.1, -0.05) is 31.0 Å². The highest BCUT2D eigenvalue weighted by molar-refractivity contribution is 5.85. The standard InChI is InChI=1S/C18H24N2O3/c21-17(15-8-4-5-9-16(15)18(22)23)20-12-10-19(11-13-20)14-6-2-1-3-7-14/h1-3,6-7,15-16H,4-5,8-13H2,(H,22,23). The first-order chi connectivity index (χ1) is 11.2. The molecule has 124 valence electrons. The third-order valence-corrected chi connectivity index (χ3v) is 5.11. The molecule has 1 aromatic rings. The van der Waals surface area contributed by atoms with Gasteiger partial charge in [0.15, 0.2) is 0 Å². The fourth-order valence-corrected chi connectivity index (χ4v) is 3.78. The monoisotopic (exact) mass is 316 g/mol. The highest BCUT2D eigenvalue weighted by Crippen LogP contribution is 2.32. The number of carbonyl (C=O) groups is 2. The van der Waals surface area contributed by atoms with Gasteiger partial charge in [-0.05, 0) is 25.0 Å². The van der Waals surface area contributed by atoms with E-state index in [0.29, 0.717) is 25.9 Å². The number of benzene rings is 1. The minimum atomic E-state index is -0.814. The Morgan fingerprint density at radius 2 is 1.52 bits per heavy atom. The summed E-state index contributed by atoms with van der Waals surface area (Å²) < 4.78 is 0. The Kier molecular flexibility index (Phi) is 4.84. The van der Waals surface area contributed by atoms with Gasteiger partial charge in [0.25, 0.3) is 0 Å². The van der Waals surface area contributed by atoms with Crippen LogP contribution in [0.2, 0.25) is 0 Å². The summed E-state index contributed by atoms with van der Waals surface area (Å²) in [6, 6.07) is 10.2. The van der Waals surface area contributed by atoms with Crippen LogP contribution in [0.4, 0.5) is 5.69 Å². The molecule has 1 amide bonds. The quantitative estimate of drug-likeness (QED) is 0.929. The summed E-state index contributed by atoms with van der Waals surface area (Å²) >= 11 is 0. The normalized spacial score (nSPS) is 25.2. The van der Waals surface area contributed by atoms with Crippen LogP contribution in [-0.4, -0.2) is 48.1 Å². The van der Waals surface area contributed by atoms with Gasteiger partial charge in [-0.2, -0.15) is 0 Å². The van der Waals surface area contributed by atoms with Gasteiger partial charge < -0.3 is 14.9 Å². The number of piperazine rings is 1.